The van der Waals surface area contributed by atoms with Crippen molar-refractivity contribution in [2.24, 2.45) is 0 Å². The van der Waals surface area contributed by atoms with E-state index in [2.05, 4.69) is 5.32 Å². The summed E-state index contributed by atoms with van der Waals surface area (Å²) >= 11 is 0. The molecule has 0 unspecified atom stereocenters. The van der Waals surface area contributed by atoms with E-state index in [4.69, 9.17) is 9.52 Å². The number of furan rings is 1. The van der Waals surface area contributed by atoms with Gasteiger partial charge >= 0.3 is 5.97 Å². The first-order valence-corrected chi connectivity index (χ1v) is 5.32. The van der Waals surface area contributed by atoms with E-state index in [1.807, 2.05) is 20.8 Å². The Bertz CT molecular complexity index is 440. The molecule has 0 bridgehead atoms. The molecule has 0 aliphatic rings. The SMILES string of the molecule is CC(=O)NCc1cc(C(C)(C)C)oc1C(=O)O. The van der Waals surface area contributed by atoms with Crippen molar-refractivity contribution >= 4 is 11.9 Å². The number of hydrogen-bond donors (Lipinski definition) is 2. The summed E-state index contributed by atoms with van der Waals surface area (Å²) in [5.41, 5.74) is 0.219. The molecule has 5 nitrogen and oxygen atoms in total. The minimum atomic E-state index is -1.12. The minimum absolute atomic E-state index is 0.108. The highest BCUT2D eigenvalue weighted by atomic mass is 16.4. The molecule has 5 heteroatoms. The Hall–Kier alpha value is -1.78. The van der Waals surface area contributed by atoms with Crippen LogP contribution in [0.4, 0.5) is 0 Å². The molecule has 1 rings (SSSR count). The zero-order valence-corrected chi connectivity index (χ0v) is 10.5. The van der Waals surface area contributed by atoms with Crippen molar-refractivity contribution in [3.63, 3.8) is 0 Å². The topological polar surface area (TPSA) is 79.5 Å². The molecular weight excluding hydrogens is 222 g/mol. The van der Waals surface area contributed by atoms with Crippen LogP contribution in [0.25, 0.3) is 0 Å². The number of amides is 1. The van der Waals surface area contributed by atoms with E-state index in [1.54, 1.807) is 6.07 Å². The molecule has 1 aromatic rings. The first-order chi connectivity index (χ1) is 7.71. The quantitative estimate of drug-likeness (QED) is 0.844. The van der Waals surface area contributed by atoms with Gasteiger partial charge in [-0.3, -0.25) is 4.79 Å². The Labute approximate surface area is 99.8 Å². The molecule has 0 radical (unpaired) electrons. The van der Waals surface area contributed by atoms with Crippen molar-refractivity contribution in [3.05, 3.63) is 23.2 Å². The highest BCUT2D eigenvalue weighted by Crippen LogP contribution is 2.27. The summed E-state index contributed by atoms with van der Waals surface area (Å²) in [7, 11) is 0. The van der Waals surface area contributed by atoms with Gasteiger partial charge in [-0.25, -0.2) is 4.79 Å². The molecule has 0 saturated heterocycles. The standard InChI is InChI=1S/C12H17NO4/c1-7(14)13-6-8-5-9(12(2,3)4)17-10(8)11(15)16/h5H,6H2,1-4H3,(H,13,14)(H,15,16). The lowest BCUT2D eigenvalue weighted by Crippen LogP contribution is -2.19. The van der Waals surface area contributed by atoms with Crippen LogP contribution >= 0.6 is 0 Å². The number of carboxylic acid groups (broad SMARTS) is 1. The highest BCUT2D eigenvalue weighted by molar-refractivity contribution is 5.86. The molecule has 0 fully saturated rings. The smallest absolute Gasteiger partial charge is 0.372 e. The van der Waals surface area contributed by atoms with E-state index < -0.39 is 5.97 Å². The summed E-state index contributed by atoms with van der Waals surface area (Å²) in [5.74, 6) is -0.848. The normalized spacial score (nSPS) is 11.3. The van der Waals surface area contributed by atoms with Gasteiger partial charge in [0.25, 0.3) is 0 Å². The van der Waals surface area contributed by atoms with Gasteiger partial charge in [-0.2, -0.15) is 0 Å². The van der Waals surface area contributed by atoms with Crippen LogP contribution in [0.15, 0.2) is 10.5 Å². The average Bonchev–Trinajstić information content (AvgIpc) is 2.57. The molecule has 0 saturated carbocycles. The van der Waals surface area contributed by atoms with Crippen molar-refractivity contribution in [1.29, 1.82) is 0 Å². The van der Waals surface area contributed by atoms with Crippen LogP contribution in [0.2, 0.25) is 0 Å². The van der Waals surface area contributed by atoms with Gasteiger partial charge in [-0.05, 0) is 6.07 Å². The van der Waals surface area contributed by atoms with Gasteiger partial charge in [-0.1, -0.05) is 20.8 Å². The fourth-order valence-electron chi connectivity index (χ4n) is 1.33. The maximum atomic E-state index is 11.0. The first-order valence-electron chi connectivity index (χ1n) is 5.32. The number of carbonyl (C=O) groups is 2. The van der Waals surface area contributed by atoms with Gasteiger partial charge in [0.05, 0.1) is 0 Å². The van der Waals surface area contributed by atoms with Crippen molar-refractivity contribution in [2.75, 3.05) is 0 Å². The second-order valence-corrected chi connectivity index (χ2v) is 4.93. The van der Waals surface area contributed by atoms with E-state index in [9.17, 15) is 9.59 Å². The monoisotopic (exact) mass is 239 g/mol. The largest absolute Gasteiger partial charge is 0.475 e. The zero-order chi connectivity index (χ0) is 13.2. The predicted molar refractivity (Wildman–Crippen MR) is 61.9 cm³/mol. The number of rotatable bonds is 3. The number of nitrogens with one attached hydrogen (secondary N) is 1. The molecule has 0 aromatic carbocycles. The Morgan fingerprint density at radius 2 is 2.00 bits per heavy atom. The lowest BCUT2D eigenvalue weighted by Gasteiger charge is -2.13. The Morgan fingerprint density at radius 3 is 2.41 bits per heavy atom. The number of aromatic carboxylic acids is 1. The molecule has 0 aliphatic carbocycles. The summed E-state index contributed by atoms with van der Waals surface area (Å²) in [4.78, 5) is 21.8. The van der Waals surface area contributed by atoms with Gasteiger partial charge in [0.2, 0.25) is 11.7 Å². The molecule has 2 N–H and O–H groups in total. The van der Waals surface area contributed by atoms with E-state index in [0.717, 1.165) is 0 Å². The molecule has 1 amide bonds. The van der Waals surface area contributed by atoms with Crippen molar-refractivity contribution in [3.8, 4) is 0 Å². The number of carbonyl (C=O) groups excluding carboxylic acids is 1. The molecule has 0 spiro atoms. The van der Waals surface area contributed by atoms with Crippen LogP contribution in [0.1, 0.15) is 49.6 Å². The molecule has 1 heterocycles. The van der Waals surface area contributed by atoms with Crippen molar-refractivity contribution < 1.29 is 19.1 Å². The van der Waals surface area contributed by atoms with Crippen LogP contribution in [-0.2, 0) is 16.8 Å². The van der Waals surface area contributed by atoms with Crippen LogP contribution in [0, 0.1) is 0 Å². The number of hydrogen-bond acceptors (Lipinski definition) is 3. The summed E-state index contributed by atoms with van der Waals surface area (Å²) in [6.45, 7) is 7.33. The minimum Gasteiger partial charge on any atom is -0.475 e. The predicted octanol–water partition coefficient (Wildman–Crippen LogP) is 1.91. The van der Waals surface area contributed by atoms with Crippen LogP contribution in [-0.4, -0.2) is 17.0 Å². The summed E-state index contributed by atoms with van der Waals surface area (Å²) in [6.07, 6.45) is 0. The van der Waals surface area contributed by atoms with Crippen molar-refractivity contribution in [1.82, 2.24) is 5.32 Å². The van der Waals surface area contributed by atoms with E-state index in [-0.39, 0.29) is 23.6 Å². The maximum Gasteiger partial charge on any atom is 0.372 e. The summed E-state index contributed by atoms with van der Waals surface area (Å²) in [5, 5.41) is 11.6. The van der Waals surface area contributed by atoms with Crippen LogP contribution in [0.3, 0.4) is 0 Å². The molecule has 0 aliphatic heterocycles. The Morgan fingerprint density at radius 1 is 1.41 bits per heavy atom. The third kappa shape index (κ3) is 3.34. The third-order valence-corrected chi connectivity index (χ3v) is 2.27. The zero-order valence-electron chi connectivity index (χ0n) is 10.5. The fourth-order valence-corrected chi connectivity index (χ4v) is 1.33. The van der Waals surface area contributed by atoms with Gasteiger partial charge in [0.15, 0.2) is 0 Å². The molecule has 1 aromatic heterocycles. The lowest BCUT2D eigenvalue weighted by atomic mass is 9.93. The van der Waals surface area contributed by atoms with Gasteiger partial charge in [0, 0.05) is 24.4 Å². The van der Waals surface area contributed by atoms with Crippen LogP contribution < -0.4 is 5.32 Å². The van der Waals surface area contributed by atoms with Crippen LogP contribution in [0.5, 0.6) is 0 Å². The second-order valence-electron chi connectivity index (χ2n) is 4.93. The second kappa shape index (κ2) is 4.61. The third-order valence-electron chi connectivity index (χ3n) is 2.27. The summed E-state index contributed by atoms with van der Waals surface area (Å²) < 4.78 is 5.32. The van der Waals surface area contributed by atoms with Crippen molar-refractivity contribution in [2.45, 2.75) is 39.7 Å². The fraction of sp³-hybridized carbons (Fsp3) is 0.500. The Kier molecular flexibility index (Phi) is 3.60. The van der Waals surface area contributed by atoms with E-state index in [0.29, 0.717) is 11.3 Å². The molecular formula is C12H17NO4. The van der Waals surface area contributed by atoms with E-state index >= 15 is 0 Å². The van der Waals surface area contributed by atoms with Gasteiger partial charge in [0.1, 0.15) is 5.76 Å². The molecule has 0 atom stereocenters. The van der Waals surface area contributed by atoms with E-state index in [1.165, 1.54) is 6.92 Å². The summed E-state index contributed by atoms with van der Waals surface area (Å²) in [6, 6.07) is 1.68. The first kappa shape index (κ1) is 13.3. The Balaban J connectivity index is 3.06. The van der Waals surface area contributed by atoms with Gasteiger partial charge < -0.3 is 14.8 Å². The highest BCUT2D eigenvalue weighted by Gasteiger charge is 2.24. The number of carboxylic acids is 1. The molecule has 17 heavy (non-hydrogen) atoms. The maximum absolute atomic E-state index is 11.0. The molecule has 94 valence electrons. The average molecular weight is 239 g/mol. The van der Waals surface area contributed by atoms with Gasteiger partial charge in [-0.15, -0.1) is 0 Å². The lowest BCUT2D eigenvalue weighted by molar-refractivity contribution is -0.119.